The third-order valence-corrected chi connectivity index (χ3v) is 20.6. The number of unbranched alkanes of at least 4 members (excludes halogenated alkanes) is 2. The minimum absolute atomic E-state index is 0.0781. The Hall–Kier alpha value is -6.82. The molecule has 1 unspecified atom stereocenters. The molecule has 20 nitrogen and oxygen atoms in total. The molecule has 4 saturated heterocycles. The SMILES string of the molecule is CN[C@@H](C)C(=O)N[C@H]1CN(S(=O)(=O)CCCC=CCCCS(=O)(=O)N2CC[C@H]3CC[C@@H](C(=O)NC(c4ccccc4)c4ccccc4)N3C(=O)[C@@H](NC(=O)[C@H](C)NC)C2)CC[C@H]2CCC(C(=O)NC(c3ccccc3)c3ccccc3)N2C1=O. The van der Waals surface area contributed by atoms with Crippen molar-refractivity contribution in [1.82, 2.24) is 50.3 Å². The van der Waals surface area contributed by atoms with Crippen molar-refractivity contribution in [2.24, 2.45) is 0 Å². The van der Waals surface area contributed by atoms with Crippen molar-refractivity contribution < 1.29 is 45.6 Å². The van der Waals surface area contributed by atoms with Crippen LogP contribution < -0.4 is 31.9 Å². The average Bonchev–Trinajstić information content (AvgIpc) is 3.64. The van der Waals surface area contributed by atoms with Gasteiger partial charge in [-0.25, -0.2) is 16.8 Å². The highest BCUT2D eigenvalue weighted by molar-refractivity contribution is 7.89. The maximum absolute atomic E-state index is 14.7. The van der Waals surface area contributed by atoms with E-state index in [9.17, 15) is 45.6 Å². The van der Waals surface area contributed by atoms with E-state index in [0.29, 0.717) is 51.4 Å². The van der Waals surface area contributed by atoms with E-state index in [1.165, 1.54) is 8.61 Å². The first kappa shape index (κ1) is 63.2. The van der Waals surface area contributed by atoms with Gasteiger partial charge in [0.2, 0.25) is 55.5 Å². The summed E-state index contributed by atoms with van der Waals surface area (Å²) in [6.07, 6.45) is 7.11. The van der Waals surface area contributed by atoms with Crippen molar-refractivity contribution in [3.05, 3.63) is 156 Å². The van der Waals surface area contributed by atoms with Crippen molar-refractivity contribution in [3.63, 3.8) is 0 Å². The predicted molar refractivity (Wildman–Crippen MR) is 322 cm³/mol. The summed E-state index contributed by atoms with van der Waals surface area (Å²) in [7, 11) is -4.69. The van der Waals surface area contributed by atoms with E-state index in [1.54, 1.807) is 37.7 Å². The van der Waals surface area contributed by atoms with Crippen LogP contribution in [0.1, 0.15) is 112 Å². The van der Waals surface area contributed by atoms with Gasteiger partial charge in [-0.2, -0.15) is 8.61 Å². The van der Waals surface area contributed by atoms with Crippen LogP contribution in [0.3, 0.4) is 0 Å². The number of amides is 6. The first-order valence-corrected chi connectivity index (χ1v) is 32.6. The zero-order chi connectivity index (χ0) is 60.0. The number of carbonyl (C=O) groups is 6. The number of hydrogen-bond acceptors (Lipinski definition) is 12. The molecule has 0 aliphatic carbocycles. The van der Waals surface area contributed by atoms with E-state index in [1.807, 2.05) is 133 Å². The van der Waals surface area contributed by atoms with Gasteiger partial charge in [0, 0.05) is 38.3 Å². The van der Waals surface area contributed by atoms with Crippen molar-refractivity contribution in [3.8, 4) is 0 Å². The number of nitrogens with one attached hydrogen (secondary N) is 6. The van der Waals surface area contributed by atoms with Gasteiger partial charge >= 0.3 is 0 Å². The van der Waals surface area contributed by atoms with E-state index >= 15 is 0 Å². The van der Waals surface area contributed by atoms with Crippen LogP contribution in [0.25, 0.3) is 0 Å². The van der Waals surface area contributed by atoms with Gasteiger partial charge in [-0.15, -0.1) is 0 Å². The van der Waals surface area contributed by atoms with E-state index in [4.69, 9.17) is 0 Å². The summed E-state index contributed by atoms with van der Waals surface area (Å²) >= 11 is 0. The van der Waals surface area contributed by atoms with Crippen LogP contribution in [-0.4, -0.2) is 171 Å². The lowest BCUT2D eigenvalue weighted by atomic mass is 9.98. The highest BCUT2D eigenvalue weighted by atomic mass is 32.2. The zero-order valence-electron chi connectivity index (χ0n) is 48.5. The Labute approximate surface area is 495 Å². The fourth-order valence-electron chi connectivity index (χ4n) is 11.8. The van der Waals surface area contributed by atoms with Gasteiger partial charge in [0.05, 0.1) is 35.7 Å². The second kappa shape index (κ2) is 29.3. The smallest absolute Gasteiger partial charge is 0.247 e. The standard InChI is InChI=1S/C62H82N10O10S2/c1-43(63-3)57(73)65-51-41-69(37-35-49-31-33-53(71(49)61(51)77)59(75)67-55(45-23-13-9-14-24-45)46-25-15-10-16-26-46)83(79,80)39-21-7-5-6-8-22-40-84(81,82)70-38-36-50-32-34-54(72(50)62(78)52(42-70)66-58(74)44(2)64-4)60(76)68-56(47-27-17-11-18-28-47)48-29-19-12-20-30-48/h5-6,9-20,23-30,43-44,49-56,63-64H,7-8,21-22,31-42H2,1-4H3,(H,65,73)(H,66,74)(H,67,75)(H,68,76)/t43-,44-,49+,50+,51-,52-,53-,54?/m0/s1. The van der Waals surface area contributed by atoms with E-state index in [2.05, 4.69) is 31.9 Å². The number of sulfonamides is 2. The van der Waals surface area contributed by atoms with Crippen LogP contribution in [0, 0.1) is 0 Å². The lowest BCUT2D eigenvalue weighted by Gasteiger charge is -2.38. The van der Waals surface area contributed by atoms with Gasteiger partial charge in [0.15, 0.2) is 0 Å². The molecule has 84 heavy (non-hydrogen) atoms. The molecule has 0 spiro atoms. The van der Waals surface area contributed by atoms with Gasteiger partial charge in [0.1, 0.15) is 24.2 Å². The molecule has 4 heterocycles. The van der Waals surface area contributed by atoms with Gasteiger partial charge < -0.3 is 41.7 Å². The number of likely N-dealkylation sites (N-methyl/N-ethyl adjacent to an activating group) is 2. The number of nitrogens with zero attached hydrogens (tertiary/aromatic N) is 4. The van der Waals surface area contributed by atoms with Crippen molar-refractivity contribution in [2.75, 3.05) is 51.8 Å². The molecule has 0 aromatic heterocycles. The summed E-state index contributed by atoms with van der Waals surface area (Å²) in [6, 6.07) is 30.8. The molecule has 4 aliphatic heterocycles. The first-order valence-electron chi connectivity index (χ1n) is 29.4. The predicted octanol–water partition coefficient (Wildman–Crippen LogP) is 3.89. The second-order valence-electron chi connectivity index (χ2n) is 22.3. The summed E-state index contributed by atoms with van der Waals surface area (Å²) in [5.74, 6) is -3.18. The molecule has 0 bridgehead atoms. The third kappa shape index (κ3) is 15.7. The first-order chi connectivity index (χ1) is 40.4. The highest BCUT2D eigenvalue weighted by Crippen LogP contribution is 2.34. The molecule has 8 atom stereocenters. The summed E-state index contributed by atoms with van der Waals surface area (Å²) in [6.45, 7) is 2.80. The molecule has 4 aromatic rings. The maximum atomic E-state index is 14.7. The van der Waals surface area contributed by atoms with Crippen molar-refractivity contribution >= 4 is 55.5 Å². The minimum Gasteiger partial charge on any atom is -0.343 e. The molecule has 6 N–H and O–H groups in total. The molecule has 452 valence electrons. The number of hydrogen-bond donors (Lipinski definition) is 6. The van der Waals surface area contributed by atoms with Gasteiger partial charge in [-0.05, 0) is 114 Å². The van der Waals surface area contributed by atoms with Gasteiger partial charge in [-0.1, -0.05) is 133 Å². The summed E-state index contributed by atoms with van der Waals surface area (Å²) in [5.41, 5.74) is 3.48. The minimum atomic E-state index is -3.95. The van der Waals surface area contributed by atoms with Crippen LogP contribution in [0.4, 0.5) is 0 Å². The monoisotopic (exact) mass is 1190 g/mol. The molecular formula is C62H82N10O10S2. The lowest BCUT2D eigenvalue weighted by Crippen LogP contribution is -2.62. The Balaban J connectivity index is 0.860. The Kier molecular flexibility index (Phi) is 22.1. The Morgan fingerprint density at radius 2 is 0.821 bits per heavy atom. The summed E-state index contributed by atoms with van der Waals surface area (Å²) in [5, 5.41) is 17.7. The molecule has 0 radical (unpaired) electrons. The van der Waals surface area contributed by atoms with Crippen LogP contribution in [0.5, 0.6) is 0 Å². The quantitative estimate of drug-likeness (QED) is 0.0432. The normalized spacial score (nSPS) is 22.5. The Morgan fingerprint density at radius 3 is 1.13 bits per heavy atom. The summed E-state index contributed by atoms with van der Waals surface area (Å²) in [4.78, 5) is 87.8. The van der Waals surface area contributed by atoms with E-state index in [0.717, 1.165) is 22.3 Å². The Bertz CT molecular complexity index is 2860. The van der Waals surface area contributed by atoms with Crippen LogP contribution in [0.15, 0.2) is 133 Å². The number of fused-ring (bicyclic) bond motifs is 2. The molecule has 22 heteroatoms. The largest absolute Gasteiger partial charge is 0.343 e. The molecule has 0 saturated carbocycles. The van der Waals surface area contributed by atoms with Crippen LogP contribution in [0.2, 0.25) is 0 Å². The topological polar surface area (TPSA) is 256 Å². The molecule has 6 amide bonds. The number of benzene rings is 4. The fraction of sp³-hybridized carbons (Fsp3) is 0.484. The number of allylic oxidation sites excluding steroid dienone is 2. The zero-order valence-corrected chi connectivity index (χ0v) is 50.1. The molecule has 4 aromatic carbocycles. The van der Waals surface area contributed by atoms with E-state index in [-0.39, 0.29) is 62.3 Å². The maximum Gasteiger partial charge on any atom is 0.247 e. The molecule has 4 fully saturated rings. The third-order valence-electron chi connectivity index (χ3n) is 16.8. The molecule has 4 aliphatic rings. The summed E-state index contributed by atoms with van der Waals surface area (Å²) < 4.78 is 59.0. The fourth-order valence-corrected chi connectivity index (χ4v) is 14.9. The van der Waals surface area contributed by atoms with Crippen molar-refractivity contribution in [2.45, 2.75) is 138 Å². The van der Waals surface area contributed by atoms with Crippen LogP contribution in [-0.2, 0) is 48.8 Å². The van der Waals surface area contributed by atoms with Gasteiger partial charge in [-0.3, -0.25) is 28.8 Å². The highest BCUT2D eigenvalue weighted by Gasteiger charge is 2.48. The number of rotatable bonds is 24. The van der Waals surface area contributed by atoms with Crippen LogP contribution >= 0.6 is 0 Å². The lowest BCUT2D eigenvalue weighted by molar-refractivity contribution is -0.144. The molecular weight excluding hydrogens is 1110 g/mol. The van der Waals surface area contributed by atoms with Gasteiger partial charge in [0.25, 0.3) is 0 Å². The number of carbonyl (C=O) groups excluding carboxylic acids is 6. The van der Waals surface area contributed by atoms with E-state index < -0.39 is 104 Å². The molecule has 8 rings (SSSR count). The van der Waals surface area contributed by atoms with Crippen molar-refractivity contribution in [1.29, 1.82) is 0 Å². The second-order valence-corrected chi connectivity index (χ2v) is 26.5. The average molecular weight is 1190 g/mol. The Morgan fingerprint density at radius 1 is 0.500 bits per heavy atom.